The summed E-state index contributed by atoms with van der Waals surface area (Å²) < 4.78 is 5.27. The minimum atomic E-state index is -0.0297. The molecule has 0 aromatic heterocycles. The van der Waals surface area contributed by atoms with Crippen LogP contribution in [0.5, 0.6) is 5.75 Å². The van der Waals surface area contributed by atoms with Crippen LogP contribution in [0.4, 0.5) is 5.69 Å². The highest BCUT2D eigenvalue weighted by Crippen LogP contribution is 2.26. The Morgan fingerprint density at radius 3 is 3.09 bits per heavy atom. The number of benzene rings is 1. The van der Waals surface area contributed by atoms with Gasteiger partial charge in [-0.2, -0.15) is 0 Å². The van der Waals surface area contributed by atoms with Crippen molar-refractivity contribution >= 4 is 11.6 Å². The van der Waals surface area contributed by atoms with Gasteiger partial charge in [0.15, 0.2) is 0 Å². The zero-order valence-corrected chi connectivity index (χ0v) is 13.3. The molecule has 0 saturated carbocycles. The molecular weight excluding hydrogens is 276 g/mol. The van der Waals surface area contributed by atoms with Gasteiger partial charge in [0.2, 0.25) is 5.91 Å². The fraction of sp³-hybridized carbons (Fsp3) is 0.389. The molecule has 2 rings (SSSR count). The monoisotopic (exact) mass is 300 g/mol. The van der Waals surface area contributed by atoms with Gasteiger partial charge < -0.3 is 15.0 Å². The molecule has 1 fully saturated rings. The molecule has 118 valence electrons. The molecule has 0 spiro atoms. The summed E-state index contributed by atoms with van der Waals surface area (Å²) in [5.74, 6) is 1.34. The summed E-state index contributed by atoms with van der Waals surface area (Å²) in [5, 5.41) is 2.97. The van der Waals surface area contributed by atoms with Gasteiger partial charge in [-0.3, -0.25) is 4.79 Å². The van der Waals surface area contributed by atoms with Gasteiger partial charge in [0.1, 0.15) is 5.75 Å². The number of nitrogens with one attached hydrogen (secondary N) is 1. The average Bonchev–Trinajstić information content (AvgIpc) is 3.02. The Kier molecular flexibility index (Phi) is 6.07. The smallest absolute Gasteiger partial charge is 0.243 e. The second-order valence-corrected chi connectivity index (χ2v) is 5.43. The lowest BCUT2D eigenvalue weighted by Gasteiger charge is -2.19. The standard InChI is InChI=1S/C18H24N2O2/c1-3-4-5-9-18(21)19-13-15-10-11-20(14-15)16-7-6-8-17(12-16)22-2/h3-9,12,15H,10-11,13-14H2,1-2H3,(H,19,21). The molecule has 0 radical (unpaired) electrons. The van der Waals surface area contributed by atoms with E-state index in [1.54, 1.807) is 19.3 Å². The Balaban J connectivity index is 1.81. The third-order valence-corrected chi connectivity index (χ3v) is 3.82. The van der Waals surface area contributed by atoms with E-state index in [0.717, 1.165) is 31.8 Å². The number of amides is 1. The van der Waals surface area contributed by atoms with Crippen LogP contribution < -0.4 is 15.0 Å². The van der Waals surface area contributed by atoms with Gasteiger partial charge >= 0.3 is 0 Å². The first-order valence-corrected chi connectivity index (χ1v) is 7.69. The van der Waals surface area contributed by atoms with Crippen molar-refractivity contribution < 1.29 is 9.53 Å². The van der Waals surface area contributed by atoms with E-state index >= 15 is 0 Å². The van der Waals surface area contributed by atoms with Crippen LogP contribution in [-0.4, -0.2) is 32.7 Å². The van der Waals surface area contributed by atoms with Gasteiger partial charge in [-0.1, -0.05) is 24.3 Å². The molecule has 0 bridgehead atoms. The molecule has 1 N–H and O–H groups in total. The van der Waals surface area contributed by atoms with E-state index in [0.29, 0.717) is 5.92 Å². The summed E-state index contributed by atoms with van der Waals surface area (Å²) >= 11 is 0. The number of hydrogen-bond acceptors (Lipinski definition) is 3. The van der Waals surface area contributed by atoms with Crippen molar-refractivity contribution in [1.29, 1.82) is 0 Å². The Bertz CT molecular complexity index is 552. The summed E-state index contributed by atoms with van der Waals surface area (Å²) in [6, 6.07) is 8.12. The molecule has 1 saturated heterocycles. The molecule has 1 heterocycles. The summed E-state index contributed by atoms with van der Waals surface area (Å²) in [5.41, 5.74) is 1.18. The first-order valence-electron chi connectivity index (χ1n) is 7.69. The maximum absolute atomic E-state index is 11.6. The van der Waals surface area contributed by atoms with Crippen molar-refractivity contribution in [3.05, 3.63) is 48.6 Å². The quantitative estimate of drug-likeness (QED) is 0.649. The summed E-state index contributed by atoms with van der Waals surface area (Å²) in [7, 11) is 1.68. The van der Waals surface area contributed by atoms with Gasteiger partial charge in [0, 0.05) is 37.5 Å². The fourth-order valence-electron chi connectivity index (χ4n) is 2.60. The highest BCUT2D eigenvalue weighted by Gasteiger charge is 2.23. The van der Waals surface area contributed by atoms with E-state index in [4.69, 9.17) is 4.74 Å². The molecule has 0 aliphatic carbocycles. The number of carbonyl (C=O) groups is 1. The first kappa shape index (κ1) is 16.1. The van der Waals surface area contributed by atoms with Gasteiger partial charge in [-0.15, -0.1) is 0 Å². The van der Waals surface area contributed by atoms with Crippen LogP contribution in [0, 0.1) is 5.92 Å². The maximum atomic E-state index is 11.6. The highest BCUT2D eigenvalue weighted by atomic mass is 16.5. The maximum Gasteiger partial charge on any atom is 0.243 e. The van der Waals surface area contributed by atoms with Crippen LogP contribution in [0.2, 0.25) is 0 Å². The van der Waals surface area contributed by atoms with Crippen LogP contribution in [0.15, 0.2) is 48.6 Å². The summed E-state index contributed by atoms with van der Waals surface area (Å²) in [6.45, 7) is 4.63. The summed E-state index contributed by atoms with van der Waals surface area (Å²) in [6.07, 6.45) is 8.16. The van der Waals surface area contributed by atoms with Gasteiger partial charge in [-0.25, -0.2) is 0 Å². The average molecular weight is 300 g/mol. The van der Waals surface area contributed by atoms with Crippen molar-refractivity contribution in [3.63, 3.8) is 0 Å². The van der Waals surface area contributed by atoms with E-state index in [1.807, 2.05) is 31.2 Å². The summed E-state index contributed by atoms with van der Waals surface area (Å²) in [4.78, 5) is 14.0. The van der Waals surface area contributed by atoms with Gasteiger partial charge in [0.25, 0.3) is 0 Å². The molecule has 4 nitrogen and oxygen atoms in total. The number of allylic oxidation sites excluding steroid dienone is 3. The second kappa shape index (κ2) is 8.27. The Labute approximate surface area is 132 Å². The number of nitrogens with zero attached hydrogens (tertiary/aromatic N) is 1. The van der Waals surface area contributed by atoms with E-state index in [2.05, 4.69) is 22.3 Å². The fourth-order valence-corrected chi connectivity index (χ4v) is 2.60. The number of methoxy groups -OCH3 is 1. The van der Waals surface area contributed by atoms with Crippen LogP contribution >= 0.6 is 0 Å². The van der Waals surface area contributed by atoms with Crippen molar-refractivity contribution in [2.24, 2.45) is 5.92 Å². The third-order valence-electron chi connectivity index (χ3n) is 3.82. The molecule has 1 amide bonds. The van der Waals surface area contributed by atoms with E-state index < -0.39 is 0 Å². The second-order valence-electron chi connectivity index (χ2n) is 5.43. The number of anilines is 1. The van der Waals surface area contributed by atoms with Crippen molar-refractivity contribution in [2.45, 2.75) is 13.3 Å². The Morgan fingerprint density at radius 1 is 1.45 bits per heavy atom. The van der Waals surface area contributed by atoms with Crippen LogP contribution in [0.25, 0.3) is 0 Å². The first-order chi connectivity index (χ1) is 10.7. The lowest BCUT2D eigenvalue weighted by atomic mass is 10.1. The topological polar surface area (TPSA) is 41.6 Å². The Morgan fingerprint density at radius 2 is 2.32 bits per heavy atom. The molecule has 1 aromatic carbocycles. The third kappa shape index (κ3) is 4.65. The van der Waals surface area contributed by atoms with Crippen LogP contribution in [-0.2, 0) is 4.79 Å². The minimum Gasteiger partial charge on any atom is -0.497 e. The predicted octanol–water partition coefficient (Wildman–Crippen LogP) is 2.77. The van der Waals surface area contributed by atoms with Crippen LogP contribution in [0.3, 0.4) is 0 Å². The largest absolute Gasteiger partial charge is 0.497 e. The zero-order chi connectivity index (χ0) is 15.8. The molecule has 1 aromatic rings. The van der Waals surface area contributed by atoms with Gasteiger partial charge in [0.05, 0.1) is 7.11 Å². The SMILES string of the molecule is CC=CC=CC(=O)NCC1CCN(c2cccc(OC)c2)C1. The van der Waals surface area contributed by atoms with Crippen molar-refractivity contribution in [3.8, 4) is 5.75 Å². The zero-order valence-electron chi connectivity index (χ0n) is 13.3. The normalized spacial score (nSPS) is 18.3. The number of hydrogen-bond donors (Lipinski definition) is 1. The molecule has 1 aliphatic rings. The van der Waals surface area contributed by atoms with Gasteiger partial charge in [-0.05, 0) is 31.4 Å². The number of ether oxygens (including phenoxy) is 1. The Hall–Kier alpha value is -2.23. The number of rotatable bonds is 6. The predicted molar refractivity (Wildman–Crippen MR) is 90.3 cm³/mol. The van der Waals surface area contributed by atoms with Crippen LogP contribution in [0.1, 0.15) is 13.3 Å². The molecule has 1 atom stereocenters. The lowest BCUT2D eigenvalue weighted by molar-refractivity contribution is -0.116. The number of carbonyl (C=O) groups excluding carboxylic acids is 1. The molecule has 4 heteroatoms. The lowest BCUT2D eigenvalue weighted by Crippen LogP contribution is -2.29. The molecule has 1 unspecified atom stereocenters. The van der Waals surface area contributed by atoms with Crippen molar-refractivity contribution in [1.82, 2.24) is 5.32 Å². The van der Waals surface area contributed by atoms with E-state index in [-0.39, 0.29) is 5.91 Å². The highest BCUT2D eigenvalue weighted by molar-refractivity contribution is 5.87. The molecule has 1 aliphatic heterocycles. The van der Waals surface area contributed by atoms with E-state index in [1.165, 1.54) is 5.69 Å². The van der Waals surface area contributed by atoms with Crippen molar-refractivity contribution in [2.75, 3.05) is 31.6 Å². The molecule has 22 heavy (non-hydrogen) atoms. The molecular formula is C18H24N2O2. The minimum absolute atomic E-state index is 0.0297. The van der Waals surface area contributed by atoms with E-state index in [9.17, 15) is 4.79 Å².